The molecule has 1 aliphatic rings. The zero-order valence-electron chi connectivity index (χ0n) is 12.5. The lowest BCUT2D eigenvalue weighted by molar-refractivity contribution is -0.121. The number of aryl methyl sites for hydroxylation is 1. The van der Waals surface area contributed by atoms with Gasteiger partial charge >= 0.3 is 0 Å². The van der Waals surface area contributed by atoms with Crippen molar-refractivity contribution in [1.29, 1.82) is 0 Å². The maximum Gasteiger partial charge on any atom is 0.244 e. The van der Waals surface area contributed by atoms with Crippen LogP contribution in [0, 0.1) is 15.2 Å². The fourth-order valence-electron chi connectivity index (χ4n) is 2.64. The molecule has 0 fully saturated rings. The van der Waals surface area contributed by atoms with Crippen molar-refractivity contribution < 1.29 is 18.4 Å². The predicted molar refractivity (Wildman–Crippen MR) is 94.8 cm³/mol. The van der Waals surface area contributed by atoms with Gasteiger partial charge in [0, 0.05) is 17.8 Å². The number of hydrogen-bond donors (Lipinski definition) is 1. The summed E-state index contributed by atoms with van der Waals surface area (Å²) in [6, 6.07) is 9.47. The molecule has 7 heteroatoms. The SMILES string of the molecule is O=C(CN1C(=O)CCc2ccccc21)Nc1cc(F)c(I)c(F)c1. The lowest BCUT2D eigenvalue weighted by Crippen LogP contribution is -2.40. The number of halogens is 3. The second-order valence-corrected chi connectivity index (χ2v) is 6.49. The molecular weight excluding hydrogens is 429 g/mol. The first-order valence-corrected chi connectivity index (χ1v) is 8.36. The van der Waals surface area contributed by atoms with Crippen molar-refractivity contribution in [2.24, 2.45) is 0 Å². The Hall–Kier alpha value is -2.03. The van der Waals surface area contributed by atoms with Crippen LogP contribution in [0.3, 0.4) is 0 Å². The average molecular weight is 442 g/mol. The van der Waals surface area contributed by atoms with Crippen LogP contribution in [0.5, 0.6) is 0 Å². The molecule has 0 spiro atoms. The molecule has 2 aromatic carbocycles. The first kappa shape index (κ1) is 16.8. The summed E-state index contributed by atoms with van der Waals surface area (Å²) in [6.45, 7) is -0.203. The average Bonchev–Trinajstić information content (AvgIpc) is 2.55. The molecule has 0 saturated carbocycles. The second kappa shape index (κ2) is 6.84. The van der Waals surface area contributed by atoms with E-state index in [0.717, 1.165) is 17.7 Å². The van der Waals surface area contributed by atoms with E-state index in [-0.39, 0.29) is 21.7 Å². The molecule has 2 amide bonds. The molecule has 1 heterocycles. The summed E-state index contributed by atoms with van der Waals surface area (Å²) < 4.78 is 27.0. The van der Waals surface area contributed by atoms with Crippen LogP contribution in [0.4, 0.5) is 20.2 Å². The molecule has 3 rings (SSSR count). The van der Waals surface area contributed by atoms with Crippen LogP contribution in [0.2, 0.25) is 0 Å². The van der Waals surface area contributed by atoms with E-state index in [2.05, 4.69) is 5.32 Å². The monoisotopic (exact) mass is 442 g/mol. The molecule has 0 unspecified atom stereocenters. The molecule has 0 aromatic heterocycles. The van der Waals surface area contributed by atoms with Gasteiger partial charge in [0.25, 0.3) is 0 Å². The Morgan fingerprint density at radius 3 is 2.54 bits per heavy atom. The van der Waals surface area contributed by atoms with Crippen molar-refractivity contribution in [2.45, 2.75) is 12.8 Å². The van der Waals surface area contributed by atoms with Crippen LogP contribution in [0.15, 0.2) is 36.4 Å². The predicted octanol–water partition coefficient (Wildman–Crippen LogP) is 3.49. The maximum absolute atomic E-state index is 13.5. The van der Waals surface area contributed by atoms with E-state index in [1.807, 2.05) is 12.1 Å². The Kier molecular flexibility index (Phi) is 4.79. The van der Waals surface area contributed by atoms with Crippen LogP contribution in [-0.2, 0) is 16.0 Å². The van der Waals surface area contributed by atoms with E-state index in [1.54, 1.807) is 34.7 Å². The molecule has 4 nitrogen and oxygen atoms in total. The molecule has 124 valence electrons. The third kappa shape index (κ3) is 3.40. The molecule has 0 radical (unpaired) electrons. The van der Waals surface area contributed by atoms with Crippen LogP contribution < -0.4 is 10.2 Å². The van der Waals surface area contributed by atoms with Gasteiger partial charge in [-0.15, -0.1) is 0 Å². The minimum absolute atomic E-state index is 0.0214. The summed E-state index contributed by atoms with van der Waals surface area (Å²) in [5, 5.41) is 2.43. The van der Waals surface area contributed by atoms with E-state index in [4.69, 9.17) is 0 Å². The van der Waals surface area contributed by atoms with Gasteiger partial charge in [0.05, 0.1) is 3.57 Å². The molecule has 0 aliphatic carbocycles. The van der Waals surface area contributed by atoms with Gasteiger partial charge in [-0.3, -0.25) is 9.59 Å². The molecule has 0 atom stereocenters. The number of para-hydroxylation sites is 1. The molecule has 24 heavy (non-hydrogen) atoms. The van der Waals surface area contributed by atoms with Crippen molar-refractivity contribution in [3.8, 4) is 0 Å². The topological polar surface area (TPSA) is 49.4 Å². The normalized spacial score (nSPS) is 13.6. The third-order valence-electron chi connectivity index (χ3n) is 3.76. The van der Waals surface area contributed by atoms with Crippen LogP contribution in [0.1, 0.15) is 12.0 Å². The number of rotatable bonds is 3. The molecule has 2 aromatic rings. The van der Waals surface area contributed by atoms with E-state index < -0.39 is 17.5 Å². The quantitative estimate of drug-likeness (QED) is 0.585. The lowest BCUT2D eigenvalue weighted by atomic mass is 10.0. The summed E-state index contributed by atoms with van der Waals surface area (Å²) in [4.78, 5) is 25.7. The van der Waals surface area contributed by atoms with Crippen molar-refractivity contribution in [2.75, 3.05) is 16.8 Å². The smallest absolute Gasteiger partial charge is 0.244 e. The fourth-order valence-corrected chi connectivity index (χ4v) is 2.95. The molecule has 0 saturated heterocycles. The Morgan fingerprint density at radius 2 is 1.83 bits per heavy atom. The number of nitrogens with zero attached hydrogens (tertiary/aromatic N) is 1. The molecule has 0 bridgehead atoms. The zero-order chi connectivity index (χ0) is 17.3. The van der Waals surface area contributed by atoms with Gasteiger partial charge in [0.15, 0.2) is 0 Å². The van der Waals surface area contributed by atoms with Gasteiger partial charge in [-0.25, -0.2) is 8.78 Å². The Bertz CT molecular complexity index is 803. The second-order valence-electron chi connectivity index (χ2n) is 5.41. The van der Waals surface area contributed by atoms with Gasteiger partial charge in [0.1, 0.15) is 18.2 Å². The Morgan fingerprint density at radius 1 is 1.17 bits per heavy atom. The van der Waals surface area contributed by atoms with Gasteiger partial charge < -0.3 is 10.2 Å². The van der Waals surface area contributed by atoms with Gasteiger partial charge in [-0.05, 0) is 52.8 Å². The number of anilines is 2. The van der Waals surface area contributed by atoms with Crippen molar-refractivity contribution in [3.05, 3.63) is 57.2 Å². The standard InChI is InChI=1S/C17H13F2IN2O2/c18-12-7-11(8-13(19)17(12)20)21-15(23)9-22-14-4-2-1-3-10(14)5-6-16(22)24/h1-4,7-8H,5-6,9H2,(H,21,23). The van der Waals surface area contributed by atoms with Crippen molar-refractivity contribution in [3.63, 3.8) is 0 Å². The number of benzene rings is 2. The van der Waals surface area contributed by atoms with Crippen LogP contribution in [0.25, 0.3) is 0 Å². The minimum Gasteiger partial charge on any atom is -0.324 e. The summed E-state index contributed by atoms with van der Waals surface area (Å²) in [6.07, 6.45) is 0.970. The molecule has 1 N–H and O–H groups in total. The van der Waals surface area contributed by atoms with Crippen LogP contribution >= 0.6 is 22.6 Å². The van der Waals surface area contributed by atoms with Crippen molar-refractivity contribution in [1.82, 2.24) is 0 Å². The van der Waals surface area contributed by atoms with E-state index in [1.165, 1.54) is 4.90 Å². The summed E-state index contributed by atoms with van der Waals surface area (Å²) in [5.74, 6) is -2.15. The number of hydrogen-bond acceptors (Lipinski definition) is 2. The van der Waals surface area contributed by atoms with Crippen molar-refractivity contribution >= 4 is 45.8 Å². The number of carbonyl (C=O) groups is 2. The fraction of sp³-hybridized carbons (Fsp3) is 0.176. The van der Waals surface area contributed by atoms with Gasteiger partial charge in [-0.2, -0.15) is 0 Å². The number of carbonyl (C=O) groups excluding carboxylic acids is 2. The van der Waals surface area contributed by atoms with E-state index in [0.29, 0.717) is 18.5 Å². The van der Waals surface area contributed by atoms with Crippen LogP contribution in [-0.4, -0.2) is 18.4 Å². The summed E-state index contributed by atoms with van der Waals surface area (Å²) >= 11 is 1.55. The highest BCUT2D eigenvalue weighted by molar-refractivity contribution is 14.1. The Labute approximate surface area is 151 Å². The maximum atomic E-state index is 13.5. The van der Waals surface area contributed by atoms with Gasteiger partial charge in [0.2, 0.25) is 11.8 Å². The summed E-state index contributed by atoms with van der Waals surface area (Å²) in [5.41, 5.74) is 1.72. The number of amides is 2. The van der Waals surface area contributed by atoms with E-state index in [9.17, 15) is 18.4 Å². The number of nitrogens with one attached hydrogen (secondary N) is 1. The molecule has 1 aliphatic heterocycles. The zero-order valence-corrected chi connectivity index (χ0v) is 14.6. The first-order valence-electron chi connectivity index (χ1n) is 7.28. The first-order chi connectivity index (χ1) is 11.5. The highest BCUT2D eigenvalue weighted by atomic mass is 127. The largest absolute Gasteiger partial charge is 0.324 e. The third-order valence-corrected chi connectivity index (χ3v) is 4.79. The van der Waals surface area contributed by atoms with Gasteiger partial charge in [-0.1, -0.05) is 18.2 Å². The lowest BCUT2D eigenvalue weighted by Gasteiger charge is -2.28. The molecular formula is C17H13F2IN2O2. The Balaban J connectivity index is 1.77. The highest BCUT2D eigenvalue weighted by Crippen LogP contribution is 2.27. The van der Waals surface area contributed by atoms with E-state index >= 15 is 0 Å². The summed E-state index contributed by atoms with van der Waals surface area (Å²) in [7, 11) is 0. The minimum atomic E-state index is -0.745. The highest BCUT2D eigenvalue weighted by Gasteiger charge is 2.25. The number of fused-ring (bicyclic) bond motifs is 1.